The summed E-state index contributed by atoms with van der Waals surface area (Å²) in [6.07, 6.45) is 2.02. The van der Waals surface area contributed by atoms with Crippen molar-refractivity contribution in [3.05, 3.63) is 35.9 Å². The lowest BCUT2D eigenvalue weighted by molar-refractivity contribution is 0.182. The van der Waals surface area contributed by atoms with Gasteiger partial charge in [0.15, 0.2) is 0 Å². The number of nitrogens with zero attached hydrogens (tertiary/aromatic N) is 1. The van der Waals surface area contributed by atoms with Gasteiger partial charge in [-0.25, -0.2) is 0 Å². The van der Waals surface area contributed by atoms with Crippen molar-refractivity contribution in [2.75, 3.05) is 19.7 Å². The molecule has 1 aromatic rings. The van der Waals surface area contributed by atoms with Crippen LogP contribution in [0.5, 0.6) is 0 Å². The molecule has 2 N–H and O–H groups in total. The first kappa shape index (κ1) is 13.5. The standard InChI is InChI=1S/C15H24N2O/c1-13-7-9-16-15(8-10-18)12-17(13)11-14-5-3-2-4-6-14/h2-6,13,15-16,18H,7-12H2,1H3. The van der Waals surface area contributed by atoms with Gasteiger partial charge in [0.25, 0.3) is 0 Å². The zero-order valence-electron chi connectivity index (χ0n) is 11.2. The molecule has 1 aliphatic heterocycles. The number of nitrogens with one attached hydrogen (secondary N) is 1. The third-order valence-electron chi connectivity index (χ3n) is 3.78. The zero-order chi connectivity index (χ0) is 12.8. The molecule has 0 bridgehead atoms. The highest BCUT2D eigenvalue weighted by Crippen LogP contribution is 2.14. The molecule has 0 amide bonds. The number of hydrogen-bond donors (Lipinski definition) is 2. The topological polar surface area (TPSA) is 35.5 Å². The molecule has 18 heavy (non-hydrogen) atoms. The summed E-state index contributed by atoms with van der Waals surface area (Å²) < 4.78 is 0. The predicted molar refractivity (Wildman–Crippen MR) is 74.4 cm³/mol. The molecule has 1 fully saturated rings. The van der Waals surface area contributed by atoms with Crippen molar-refractivity contribution in [2.24, 2.45) is 0 Å². The summed E-state index contributed by atoms with van der Waals surface area (Å²) in [5.74, 6) is 0. The van der Waals surface area contributed by atoms with Crippen LogP contribution in [0.25, 0.3) is 0 Å². The predicted octanol–water partition coefficient (Wildman–Crippen LogP) is 1.62. The zero-order valence-corrected chi connectivity index (χ0v) is 11.2. The van der Waals surface area contributed by atoms with E-state index in [1.54, 1.807) is 0 Å². The Labute approximate surface area is 110 Å². The van der Waals surface area contributed by atoms with E-state index in [0.29, 0.717) is 12.1 Å². The van der Waals surface area contributed by atoms with E-state index in [1.165, 1.54) is 12.0 Å². The Morgan fingerprint density at radius 1 is 1.33 bits per heavy atom. The minimum Gasteiger partial charge on any atom is -0.396 e. The van der Waals surface area contributed by atoms with E-state index in [4.69, 9.17) is 5.11 Å². The lowest BCUT2D eigenvalue weighted by atomic mass is 10.1. The average Bonchev–Trinajstić information content (AvgIpc) is 2.54. The van der Waals surface area contributed by atoms with Gasteiger partial charge in [-0.15, -0.1) is 0 Å². The fraction of sp³-hybridized carbons (Fsp3) is 0.600. The van der Waals surface area contributed by atoms with Gasteiger partial charge >= 0.3 is 0 Å². The lowest BCUT2D eigenvalue weighted by Gasteiger charge is -2.29. The Kier molecular flexibility index (Phi) is 5.17. The van der Waals surface area contributed by atoms with Gasteiger partial charge in [0.05, 0.1) is 0 Å². The van der Waals surface area contributed by atoms with E-state index < -0.39 is 0 Å². The minimum absolute atomic E-state index is 0.269. The summed E-state index contributed by atoms with van der Waals surface area (Å²) in [6, 6.07) is 11.6. The number of benzene rings is 1. The Morgan fingerprint density at radius 2 is 2.11 bits per heavy atom. The van der Waals surface area contributed by atoms with Crippen LogP contribution in [0.2, 0.25) is 0 Å². The molecule has 1 aliphatic rings. The fourth-order valence-electron chi connectivity index (χ4n) is 2.59. The molecular weight excluding hydrogens is 224 g/mol. The molecule has 0 aliphatic carbocycles. The summed E-state index contributed by atoms with van der Waals surface area (Å²) in [4.78, 5) is 2.52. The maximum Gasteiger partial charge on any atom is 0.0446 e. The average molecular weight is 248 g/mol. The first-order valence-electron chi connectivity index (χ1n) is 6.92. The molecule has 0 spiro atoms. The summed E-state index contributed by atoms with van der Waals surface area (Å²) >= 11 is 0. The van der Waals surface area contributed by atoms with Crippen LogP contribution in [0.3, 0.4) is 0 Å². The second kappa shape index (κ2) is 6.88. The molecule has 2 unspecified atom stereocenters. The highest BCUT2D eigenvalue weighted by molar-refractivity contribution is 5.14. The molecule has 1 aromatic carbocycles. The maximum absolute atomic E-state index is 9.09. The molecule has 2 atom stereocenters. The summed E-state index contributed by atoms with van der Waals surface area (Å²) in [5, 5.41) is 12.6. The van der Waals surface area contributed by atoms with Crippen LogP contribution in [0.15, 0.2) is 30.3 Å². The molecule has 100 valence electrons. The number of rotatable bonds is 4. The van der Waals surface area contributed by atoms with Crippen LogP contribution in [-0.4, -0.2) is 41.8 Å². The Morgan fingerprint density at radius 3 is 2.83 bits per heavy atom. The van der Waals surface area contributed by atoms with E-state index in [2.05, 4.69) is 47.5 Å². The van der Waals surface area contributed by atoms with E-state index in [9.17, 15) is 0 Å². The van der Waals surface area contributed by atoms with Crippen molar-refractivity contribution in [1.82, 2.24) is 10.2 Å². The van der Waals surface area contributed by atoms with Crippen LogP contribution in [0.1, 0.15) is 25.3 Å². The number of aliphatic hydroxyl groups excluding tert-OH is 1. The van der Waals surface area contributed by atoms with E-state index in [1.807, 2.05) is 0 Å². The van der Waals surface area contributed by atoms with E-state index in [0.717, 1.165) is 26.1 Å². The molecule has 1 heterocycles. The van der Waals surface area contributed by atoms with Crippen molar-refractivity contribution in [3.8, 4) is 0 Å². The van der Waals surface area contributed by atoms with Crippen LogP contribution in [0.4, 0.5) is 0 Å². The van der Waals surface area contributed by atoms with Gasteiger partial charge in [0.1, 0.15) is 0 Å². The quantitative estimate of drug-likeness (QED) is 0.850. The Balaban J connectivity index is 1.99. The maximum atomic E-state index is 9.09. The minimum atomic E-state index is 0.269. The highest BCUT2D eigenvalue weighted by Gasteiger charge is 2.22. The Hall–Kier alpha value is -0.900. The highest BCUT2D eigenvalue weighted by atomic mass is 16.3. The lowest BCUT2D eigenvalue weighted by Crippen LogP contribution is -2.40. The van der Waals surface area contributed by atoms with Crippen molar-refractivity contribution < 1.29 is 5.11 Å². The van der Waals surface area contributed by atoms with Gasteiger partial charge < -0.3 is 10.4 Å². The van der Waals surface area contributed by atoms with E-state index >= 15 is 0 Å². The molecule has 3 heteroatoms. The third kappa shape index (κ3) is 3.80. The monoisotopic (exact) mass is 248 g/mol. The third-order valence-corrected chi connectivity index (χ3v) is 3.78. The molecule has 0 saturated carbocycles. The smallest absolute Gasteiger partial charge is 0.0446 e. The van der Waals surface area contributed by atoms with Crippen molar-refractivity contribution >= 4 is 0 Å². The summed E-state index contributed by atoms with van der Waals surface area (Å²) in [7, 11) is 0. The van der Waals surface area contributed by atoms with Gasteiger partial charge in [-0.2, -0.15) is 0 Å². The first-order chi connectivity index (χ1) is 8.79. The molecule has 2 rings (SSSR count). The summed E-state index contributed by atoms with van der Waals surface area (Å²) in [6.45, 7) is 5.65. The van der Waals surface area contributed by atoms with Crippen LogP contribution < -0.4 is 5.32 Å². The van der Waals surface area contributed by atoms with Crippen molar-refractivity contribution in [3.63, 3.8) is 0 Å². The van der Waals surface area contributed by atoms with Crippen molar-refractivity contribution in [1.29, 1.82) is 0 Å². The van der Waals surface area contributed by atoms with Crippen LogP contribution >= 0.6 is 0 Å². The normalized spacial score (nSPS) is 25.9. The van der Waals surface area contributed by atoms with Gasteiger partial charge in [-0.05, 0) is 31.9 Å². The second-order valence-corrected chi connectivity index (χ2v) is 5.22. The van der Waals surface area contributed by atoms with Crippen LogP contribution in [0, 0.1) is 0 Å². The fourth-order valence-corrected chi connectivity index (χ4v) is 2.59. The molecule has 1 saturated heterocycles. The number of aliphatic hydroxyl groups is 1. The number of hydrogen-bond acceptors (Lipinski definition) is 3. The van der Waals surface area contributed by atoms with E-state index in [-0.39, 0.29) is 6.61 Å². The largest absolute Gasteiger partial charge is 0.396 e. The first-order valence-corrected chi connectivity index (χ1v) is 6.92. The Bertz CT molecular complexity index is 342. The molecule has 3 nitrogen and oxygen atoms in total. The SMILES string of the molecule is CC1CCNC(CCO)CN1Cc1ccccc1. The molecular formula is C15H24N2O. The summed E-state index contributed by atoms with van der Waals surface area (Å²) in [5.41, 5.74) is 1.37. The van der Waals surface area contributed by atoms with Gasteiger partial charge in [0, 0.05) is 31.8 Å². The van der Waals surface area contributed by atoms with Gasteiger partial charge in [0.2, 0.25) is 0 Å². The van der Waals surface area contributed by atoms with Crippen molar-refractivity contribution in [2.45, 2.75) is 38.4 Å². The molecule has 0 aromatic heterocycles. The van der Waals surface area contributed by atoms with Gasteiger partial charge in [-0.1, -0.05) is 30.3 Å². The van der Waals surface area contributed by atoms with Gasteiger partial charge in [-0.3, -0.25) is 4.90 Å². The van der Waals surface area contributed by atoms with Crippen LogP contribution in [-0.2, 0) is 6.54 Å². The molecule has 0 radical (unpaired) electrons. The second-order valence-electron chi connectivity index (χ2n) is 5.22.